The van der Waals surface area contributed by atoms with Crippen LogP contribution in [0.15, 0.2) is 42.5 Å². The largest absolute Gasteiger partial charge is 0.366 e. The van der Waals surface area contributed by atoms with Gasteiger partial charge in [-0.2, -0.15) is 5.26 Å². The molecule has 2 aromatic carbocycles. The lowest BCUT2D eigenvalue weighted by atomic mass is 9.97. The third-order valence-corrected chi connectivity index (χ3v) is 2.82. The zero-order valence-electron chi connectivity index (χ0n) is 9.97. The minimum absolute atomic E-state index is 0.453. The lowest BCUT2D eigenvalue weighted by molar-refractivity contribution is 0.100. The third-order valence-electron chi connectivity index (χ3n) is 2.82. The molecule has 0 aliphatic rings. The quantitative estimate of drug-likeness (QED) is 0.870. The van der Waals surface area contributed by atoms with Gasteiger partial charge in [0.15, 0.2) is 0 Å². The number of nitrogens with zero attached hydrogens (tertiary/aromatic N) is 1. The van der Waals surface area contributed by atoms with Crippen molar-refractivity contribution in [3.8, 4) is 17.2 Å². The molecule has 0 heterocycles. The molecule has 0 bridgehead atoms. The molecular formula is C15H12N2O. The van der Waals surface area contributed by atoms with Crippen LogP contribution in [0.3, 0.4) is 0 Å². The summed E-state index contributed by atoms with van der Waals surface area (Å²) in [6.45, 7) is 1.97. The Labute approximate surface area is 105 Å². The Morgan fingerprint density at radius 3 is 2.67 bits per heavy atom. The first kappa shape index (κ1) is 11.9. The summed E-state index contributed by atoms with van der Waals surface area (Å²) in [5.41, 5.74) is 9.21. The van der Waals surface area contributed by atoms with Crippen LogP contribution in [0.2, 0.25) is 0 Å². The van der Waals surface area contributed by atoms with E-state index in [1.165, 1.54) is 0 Å². The fraction of sp³-hybridized carbons (Fsp3) is 0.0667. The molecule has 0 spiro atoms. The van der Waals surface area contributed by atoms with E-state index < -0.39 is 5.91 Å². The molecule has 88 valence electrons. The minimum atomic E-state index is -0.453. The number of rotatable bonds is 2. The molecule has 0 aliphatic heterocycles. The topological polar surface area (TPSA) is 66.9 Å². The molecule has 0 radical (unpaired) electrons. The first-order valence-corrected chi connectivity index (χ1v) is 5.53. The zero-order chi connectivity index (χ0) is 13.1. The van der Waals surface area contributed by atoms with Gasteiger partial charge in [0.1, 0.15) is 0 Å². The molecule has 0 aromatic heterocycles. The van der Waals surface area contributed by atoms with Gasteiger partial charge >= 0.3 is 0 Å². The lowest BCUT2D eigenvalue weighted by Crippen LogP contribution is -2.10. The van der Waals surface area contributed by atoms with Gasteiger partial charge in [0, 0.05) is 5.56 Å². The molecule has 0 fully saturated rings. The van der Waals surface area contributed by atoms with E-state index in [9.17, 15) is 4.79 Å². The van der Waals surface area contributed by atoms with Gasteiger partial charge in [-0.15, -0.1) is 0 Å². The molecule has 2 aromatic rings. The number of benzene rings is 2. The van der Waals surface area contributed by atoms with Crippen molar-refractivity contribution in [3.05, 3.63) is 59.2 Å². The molecule has 3 nitrogen and oxygen atoms in total. The Balaban J connectivity index is 2.58. The van der Waals surface area contributed by atoms with E-state index in [2.05, 4.69) is 6.07 Å². The second-order valence-electron chi connectivity index (χ2n) is 4.09. The number of carbonyl (C=O) groups is 1. The van der Waals surface area contributed by atoms with Crippen LogP contribution in [-0.2, 0) is 0 Å². The van der Waals surface area contributed by atoms with E-state index in [0.29, 0.717) is 11.1 Å². The lowest BCUT2D eigenvalue weighted by Gasteiger charge is -2.07. The summed E-state index contributed by atoms with van der Waals surface area (Å²) in [7, 11) is 0. The number of carbonyl (C=O) groups excluding carboxylic acids is 1. The average Bonchev–Trinajstić information content (AvgIpc) is 2.39. The molecule has 0 aliphatic carbocycles. The second kappa shape index (κ2) is 4.72. The Kier molecular flexibility index (Phi) is 3.11. The molecule has 3 heteroatoms. The molecule has 0 saturated heterocycles. The van der Waals surface area contributed by atoms with Crippen LogP contribution in [-0.4, -0.2) is 5.91 Å². The van der Waals surface area contributed by atoms with Crippen LogP contribution in [0.5, 0.6) is 0 Å². The molecule has 2 rings (SSSR count). The Morgan fingerprint density at radius 1 is 1.22 bits per heavy atom. The van der Waals surface area contributed by atoms with Crippen LogP contribution in [0, 0.1) is 18.3 Å². The second-order valence-corrected chi connectivity index (χ2v) is 4.09. The zero-order valence-corrected chi connectivity index (χ0v) is 9.97. The summed E-state index contributed by atoms with van der Waals surface area (Å²) < 4.78 is 0. The Bertz CT molecular complexity index is 654. The summed E-state index contributed by atoms with van der Waals surface area (Å²) in [5.74, 6) is -0.453. The number of nitrogens with two attached hydrogens (primary N) is 1. The predicted molar refractivity (Wildman–Crippen MR) is 69.8 cm³/mol. The number of hydrogen-bond donors (Lipinski definition) is 1. The molecule has 1 amide bonds. The average molecular weight is 236 g/mol. The van der Waals surface area contributed by atoms with Gasteiger partial charge in [-0.05, 0) is 47.9 Å². The van der Waals surface area contributed by atoms with Crippen LogP contribution in [0.4, 0.5) is 0 Å². The Morgan fingerprint density at radius 2 is 2.00 bits per heavy atom. The Hall–Kier alpha value is -2.60. The normalized spacial score (nSPS) is 9.78. The third kappa shape index (κ3) is 2.23. The van der Waals surface area contributed by atoms with Gasteiger partial charge in [-0.25, -0.2) is 0 Å². The van der Waals surface area contributed by atoms with Gasteiger partial charge in [0.25, 0.3) is 0 Å². The van der Waals surface area contributed by atoms with Crippen LogP contribution >= 0.6 is 0 Å². The molecule has 18 heavy (non-hydrogen) atoms. The van der Waals surface area contributed by atoms with E-state index in [1.807, 2.05) is 25.1 Å². The van der Waals surface area contributed by atoms with Gasteiger partial charge < -0.3 is 5.73 Å². The number of primary amides is 1. The van der Waals surface area contributed by atoms with E-state index in [4.69, 9.17) is 11.0 Å². The maximum absolute atomic E-state index is 11.2. The highest BCUT2D eigenvalue weighted by Crippen LogP contribution is 2.25. The van der Waals surface area contributed by atoms with Crippen molar-refractivity contribution in [2.45, 2.75) is 6.92 Å². The number of amides is 1. The number of hydrogen-bond acceptors (Lipinski definition) is 2. The van der Waals surface area contributed by atoms with Crippen molar-refractivity contribution >= 4 is 5.91 Å². The summed E-state index contributed by atoms with van der Waals surface area (Å²) in [6, 6.07) is 14.7. The van der Waals surface area contributed by atoms with Crippen molar-refractivity contribution in [3.63, 3.8) is 0 Å². The van der Waals surface area contributed by atoms with Crippen LogP contribution in [0.25, 0.3) is 11.1 Å². The predicted octanol–water partition coefficient (Wildman–Crippen LogP) is 2.63. The summed E-state index contributed by atoms with van der Waals surface area (Å²) in [6.07, 6.45) is 0. The van der Waals surface area contributed by atoms with Gasteiger partial charge in [0.2, 0.25) is 5.91 Å². The highest BCUT2D eigenvalue weighted by Gasteiger charge is 2.06. The van der Waals surface area contributed by atoms with E-state index in [1.54, 1.807) is 24.3 Å². The first-order valence-electron chi connectivity index (χ1n) is 5.53. The van der Waals surface area contributed by atoms with Gasteiger partial charge in [-0.3, -0.25) is 4.79 Å². The van der Waals surface area contributed by atoms with Gasteiger partial charge in [-0.1, -0.05) is 18.2 Å². The van der Waals surface area contributed by atoms with Crippen LogP contribution < -0.4 is 5.73 Å². The van der Waals surface area contributed by atoms with Crippen molar-refractivity contribution in [1.82, 2.24) is 0 Å². The number of nitriles is 1. The van der Waals surface area contributed by atoms with E-state index in [-0.39, 0.29) is 0 Å². The highest BCUT2D eigenvalue weighted by atomic mass is 16.1. The van der Waals surface area contributed by atoms with Crippen molar-refractivity contribution < 1.29 is 4.79 Å². The minimum Gasteiger partial charge on any atom is -0.366 e. The van der Waals surface area contributed by atoms with E-state index in [0.717, 1.165) is 16.7 Å². The standard InChI is InChI=1S/C15H12N2O/c1-10-5-6-11(9-16)7-14(10)12-3-2-4-13(8-12)15(17)18/h2-8H,1H3,(H2,17,18). The van der Waals surface area contributed by atoms with Crippen LogP contribution in [0.1, 0.15) is 21.5 Å². The van der Waals surface area contributed by atoms with Crippen molar-refractivity contribution in [2.24, 2.45) is 5.73 Å². The SMILES string of the molecule is Cc1ccc(C#N)cc1-c1cccc(C(N)=O)c1. The maximum atomic E-state index is 11.2. The smallest absolute Gasteiger partial charge is 0.248 e. The highest BCUT2D eigenvalue weighted by molar-refractivity contribution is 5.94. The first-order chi connectivity index (χ1) is 8.61. The molecule has 0 unspecified atom stereocenters. The summed E-state index contributed by atoms with van der Waals surface area (Å²) in [5, 5.41) is 8.92. The molecule has 2 N–H and O–H groups in total. The van der Waals surface area contributed by atoms with Gasteiger partial charge in [0.05, 0.1) is 11.6 Å². The summed E-state index contributed by atoms with van der Waals surface area (Å²) in [4.78, 5) is 11.2. The van der Waals surface area contributed by atoms with E-state index >= 15 is 0 Å². The number of aryl methyl sites for hydroxylation is 1. The van der Waals surface area contributed by atoms with Crippen molar-refractivity contribution in [1.29, 1.82) is 5.26 Å². The monoisotopic (exact) mass is 236 g/mol. The molecule has 0 saturated carbocycles. The molecular weight excluding hydrogens is 224 g/mol. The summed E-state index contributed by atoms with van der Waals surface area (Å²) >= 11 is 0. The van der Waals surface area contributed by atoms with Crippen molar-refractivity contribution in [2.75, 3.05) is 0 Å². The fourth-order valence-corrected chi connectivity index (χ4v) is 1.84. The fourth-order valence-electron chi connectivity index (χ4n) is 1.84. The molecule has 0 atom stereocenters. The maximum Gasteiger partial charge on any atom is 0.248 e.